The van der Waals surface area contributed by atoms with Crippen LogP contribution in [0.4, 0.5) is 0 Å². The number of allylic oxidation sites excluding steroid dienone is 1. The highest BCUT2D eigenvalue weighted by atomic mass is 16.1. The third-order valence-corrected chi connectivity index (χ3v) is 2.57. The topological polar surface area (TPSA) is 40.9 Å². The minimum Gasteiger partial charge on any atom is -0.294 e. The van der Waals surface area contributed by atoms with Crippen molar-refractivity contribution >= 4 is 11.9 Å². The molecule has 0 unspecified atom stereocenters. The van der Waals surface area contributed by atoms with Gasteiger partial charge in [0, 0.05) is 12.0 Å². The number of hydrogen-bond acceptors (Lipinski definition) is 2. The van der Waals surface area contributed by atoms with Gasteiger partial charge in [0.05, 0.1) is 12.5 Å². The summed E-state index contributed by atoms with van der Waals surface area (Å²) in [5, 5.41) is 8.39. The summed E-state index contributed by atoms with van der Waals surface area (Å²) in [6.45, 7) is 0. The number of aryl methyl sites for hydroxylation is 1. The second-order valence-corrected chi connectivity index (χ2v) is 3.60. The molecule has 0 radical (unpaired) electrons. The van der Waals surface area contributed by atoms with Crippen LogP contribution in [0.5, 0.6) is 0 Å². The summed E-state index contributed by atoms with van der Waals surface area (Å²) in [6.07, 6.45) is 5.68. The molecule has 1 aromatic rings. The van der Waals surface area contributed by atoms with Gasteiger partial charge in [0.25, 0.3) is 0 Å². The monoisotopic (exact) mass is 197 g/mol. The zero-order valence-corrected chi connectivity index (χ0v) is 8.36. The van der Waals surface area contributed by atoms with Crippen molar-refractivity contribution in [2.45, 2.75) is 19.3 Å². The fourth-order valence-corrected chi connectivity index (χ4v) is 1.83. The van der Waals surface area contributed by atoms with E-state index in [9.17, 15) is 4.79 Å². The van der Waals surface area contributed by atoms with E-state index in [0.717, 1.165) is 23.1 Å². The zero-order valence-electron chi connectivity index (χ0n) is 8.36. The molecule has 2 heteroatoms. The van der Waals surface area contributed by atoms with E-state index in [4.69, 9.17) is 5.26 Å². The predicted molar refractivity (Wildman–Crippen MR) is 58.4 cm³/mol. The Morgan fingerprint density at radius 2 is 2.27 bits per heavy atom. The molecule has 0 fully saturated rings. The molecular weight excluding hydrogens is 186 g/mol. The van der Waals surface area contributed by atoms with E-state index in [2.05, 4.69) is 6.07 Å². The van der Waals surface area contributed by atoms with Crippen molar-refractivity contribution in [3.8, 4) is 6.07 Å². The van der Waals surface area contributed by atoms with E-state index in [1.807, 2.05) is 30.4 Å². The Bertz CT molecular complexity index is 466. The number of carbonyl (C=O) groups is 1. The van der Waals surface area contributed by atoms with Crippen LogP contribution in [-0.4, -0.2) is 5.78 Å². The summed E-state index contributed by atoms with van der Waals surface area (Å²) in [4.78, 5) is 11.4. The normalized spacial score (nSPS) is 14.2. The van der Waals surface area contributed by atoms with Crippen LogP contribution in [0.15, 0.2) is 24.3 Å². The van der Waals surface area contributed by atoms with Crippen LogP contribution in [0.3, 0.4) is 0 Å². The summed E-state index contributed by atoms with van der Waals surface area (Å²) >= 11 is 0. The molecule has 1 aromatic carbocycles. The maximum atomic E-state index is 11.4. The molecule has 74 valence electrons. The summed E-state index contributed by atoms with van der Waals surface area (Å²) in [6, 6.07) is 7.90. The van der Waals surface area contributed by atoms with Gasteiger partial charge in [-0.2, -0.15) is 5.26 Å². The van der Waals surface area contributed by atoms with Gasteiger partial charge in [-0.25, -0.2) is 0 Å². The maximum Gasteiger partial charge on any atom is 0.163 e. The average molecular weight is 197 g/mol. The lowest BCUT2D eigenvalue weighted by Gasteiger charge is -1.98. The molecule has 1 aliphatic carbocycles. The zero-order chi connectivity index (χ0) is 10.7. The van der Waals surface area contributed by atoms with Gasteiger partial charge in [0.1, 0.15) is 0 Å². The van der Waals surface area contributed by atoms with Crippen LogP contribution in [0.25, 0.3) is 6.08 Å². The van der Waals surface area contributed by atoms with E-state index in [1.54, 1.807) is 0 Å². The number of benzene rings is 1. The lowest BCUT2D eigenvalue weighted by atomic mass is 10.1. The number of nitriles is 1. The number of hydrogen-bond donors (Lipinski definition) is 0. The van der Waals surface area contributed by atoms with E-state index < -0.39 is 0 Å². The van der Waals surface area contributed by atoms with Crippen LogP contribution in [0.2, 0.25) is 0 Å². The molecule has 0 spiro atoms. The molecule has 0 saturated carbocycles. The number of rotatable bonds is 2. The minimum atomic E-state index is 0.248. The van der Waals surface area contributed by atoms with Crippen molar-refractivity contribution in [2.75, 3.05) is 0 Å². The molecule has 2 rings (SSSR count). The van der Waals surface area contributed by atoms with Crippen LogP contribution in [-0.2, 0) is 6.42 Å². The molecule has 2 nitrogen and oxygen atoms in total. The maximum absolute atomic E-state index is 11.4. The molecule has 0 aromatic heterocycles. The number of fused-ring (bicyclic) bond motifs is 1. The average Bonchev–Trinajstić information content (AvgIpc) is 2.61. The Morgan fingerprint density at radius 1 is 1.40 bits per heavy atom. The molecule has 0 saturated heterocycles. The summed E-state index contributed by atoms with van der Waals surface area (Å²) in [5.41, 5.74) is 3.07. The molecule has 0 heterocycles. The number of nitrogens with zero attached hydrogens (tertiary/aromatic N) is 1. The number of carbonyl (C=O) groups excluding carboxylic acids is 1. The third kappa shape index (κ3) is 1.97. The summed E-state index contributed by atoms with van der Waals surface area (Å²) in [7, 11) is 0. The highest BCUT2D eigenvalue weighted by molar-refractivity contribution is 6.00. The van der Waals surface area contributed by atoms with Crippen molar-refractivity contribution in [3.05, 3.63) is 41.0 Å². The van der Waals surface area contributed by atoms with Crippen molar-refractivity contribution in [3.63, 3.8) is 0 Å². The fourth-order valence-electron chi connectivity index (χ4n) is 1.83. The lowest BCUT2D eigenvalue weighted by molar-refractivity contribution is 0.0994. The van der Waals surface area contributed by atoms with Crippen molar-refractivity contribution in [1.82, 2.24) is 0 Å². The smallest absolute Gasteiger partial charge is 0.163 e. The Hall–Kier alpha value is -1.88. The Balaban J connectivity index is 2.24. The fraction of sp³-hybridized carbons (Fsp3) is 0.231. The molecule has 0 bridgehead atoms. The van der Waals surface area contributed by atoms with E-state index >= 15 is 0 Å². The quantitative estimate of drug-likeness (QED) is 0.731. The molecular formula is C13H11NO. The number of Topliss-reactive ketones (excluding diaryl/α,β-unsaturated/α-hetero) is 1. The van der Waals surface area contributed by atoms with E-state index in [1.165, 1.54) is 0 Å². The first-order chi connectivity index (χ1) is 7.31. The molecule has 0 amide bonds. The second kappa shape index (κ2) is 4.10. The van der Waals surface area contributed by atoms with Crippen LogP contribution >= 0.6 is 0 Å². The molecule has 1 aliphatic rings. The minimum absolute atomic E-state index is 0.248. The third-order valence-electron chi connectivity index (χ3n) is 2.57. The van der Waals surface area contributed by atoms with Gasteiger partial charge in [-0.3, -0.25) is 4.79 Å². The standard InChI is InChI=1S/C13H11NO/c14-8-2-1-3-10-4-6-12-11(9-10)5-7-13(12)15/h1,3-4,6,9H,2,5,7H2. The van der Waals surface area contributed by atoms with Crippen LogP contribution in [0.1, 0.15) is 34.3 Å². The first kappa shape index (κ1) is 9.67. The summed E-state index contributed by atoms with van der Waals surface area (Å²) in [5.74, 6) is 0.248. The number of ketones is 1. The highest BCUT2D eigenvalue weighted by Gasteiger charge is 2.18. The van der Waals surface area contributed by atoms with Gasteiger partial charge in [0.2, 0.25) is 0 Å². The Kier molecular flexibility index (Phi) is 2.64. The second-order valence-electron chi connectivity index (χ2n) is 3.60. The van der Waals surface area contributed by atoms with Gasteiger partial charge in [-0.05, 0) is 17.5 Å². The van der Waals surface area contributed by atoms with E-state index in [0.29, 0.717) is 12.8 Å². The molecule has 0 aliphatic heterocycles. The highest BCUT2D eigenvalue weighted by Crippen LogP contribution is 2.23. The van der Waals surface area contributed by atoms with Crippen LogP contribution in [0, 0.1) is 11.3 Å². The summed E-state index contributed by atoms with van der Waals surface area (Å²) < 4.78 is 0. The van der Waals surface area contributed by atoms with Crippen LogP contribution < -0.4 is 0 Å². The SMILES string of the molecule is N#CCC=Cc1ccc2c(c1)CCC2=O. The first-order valence-corrected chi connectivity index (χ1v) is 5.01. The predicted octanol–water partition coefficient (Wildman–Crippen LogP) is 2.74. The van der Waals surface area contributed by atoms with E-state index in [-0.39, 0.29) is 5.78 Å². The first-order valence-electron chi connectivity index (χ1n) is 5.01. The largest absolute Gasteiger partial charge is 0.294 e. The Labute approximate surface area is 88.8 Å². The van der Waals surface area contributed by atoms with Gasteiger partial charge >= 0.3 is 0 Å². The van der Waals surface area contributed by atoms with Gasteiger partial charge in [-0.15, -0.1) is 0 Å². The molecule has 15 heavy (non-hydrogen) atoms. The van der Waals surface area contributed by atoms with Gasteiger partial charge < -0.3 is 0 Å². The Morgan fingerprint density at radius 3 is 3.07 bits per heavy atom. The lowest BCUT2D eigenvalue weighted by Crippen LogP contribution is -1.90. The van der Waals surface area contributed by atoms with Gasteiger partial charge in [-0.1, -0.05) is 30.4 Å². The molecule has 0 atom stereocenters. The van der Waals surface area contributed by atoms with Crippen molar-refractivity contribution in [2.24, 2.45) is 0 Å². The van der Waals surface area contributed by atoms with Crippen molar-refractivity contribution < 1.29 is 4.79 Å². The van der Waals surface area contributed by atoms with Crippen molar-refractivity contribution in [1.29, 1.82) is 5.26 Å². The van der Waals surface area contributed by atoms with Gasteiger partial charge in [0.15, 0.2) is 5.78 Å². The molecule has 0 N–H and O–H groups in total.